The zero-order valence-electron chi connectivity index (χ0n) is 12.6. The first-order chi connectivity index (χ1) is 9.76. The van der Waals surface area contributed by atoms with Gasteiger partial charge in [0.15, 0.2) is 0 Å². The fraction of sp³-hybridized carbons (Fsp3) is 0.500. The molecule has 0 N–H and O–H groups in total. The van der Waals surface area contributed by atoms with Gasteiger partial charge in [-0.05, 0) is 50.8 Å². The van der Waals surface area contributed by atoms with E-state index in [9.17, 15) is 9.59 Å². The molecule has 1 aliphatic rings. The van der Waals surface area contributed by atoms with Gasteiger partial charge in [-0.1, -0.05) is 23.7 Å². The topological polar surface area (TPSA) is 46.6 Å². The number of likely N-dealkylation sites (tertiary alicyclic amines) is 1. The number of halogens is 1. The van der Waals surface area contributed by atoms with E-state index in [1.165, 1.54) is 4.90 Å². The van der Waals surface area contributed by atoms with Gasteiger partial charge in [0.2, 0.25) is 5.91 Å². The van der Waals surface area contributed by atoms with Crippen LogP contribution in [0.3, 0.4) is 0 Å². The van der Waals surface area contributed by atoms with E-state index in [0.29, 0.717) is 18.0 Å². The molecular weight excluding hydrogens is 290 g/mol. The van der Waals surface area contributed by atoms with Crippen molar-refractivity contribution in [2.45, 2.75) is 45.1 Å². The maximum absolute atomic E-state index is 12.2. The normalized spacial score (nSPS) is 19.5. The third kappa shape index (κ3) is 4.21. The predicted molar refractivity (Wildman–Crippen MR) is 81.4 cm³/mol. The first-order valence-electron chi connectivity index (χ1n) is 7.05. The molecule has 0 saturated carbocycles. The average Bonchev–Trinajstić information content (AvgIpc) is 2.36. The largest absolute Gasteiger partial charge is 0.443 e. The molecule has 4 nitrogen and oxygen atoms in total. The van der Waals surface area contributed by atoms with E-state index in [2.05, 4.69) is 0 Å². The molecule has 0 bridgehead atoms. The maximum Gasteiger partial charge on any atom is 0.417 e. The van der Waals surface area contributed by atoms with Crippen LogP contribution in [0.4, 0.5) is 4.79 Å². The Kier molecular flexibility index (Phi) is 4.57. The smallest absolute Gasteiger partial charge is 0.417 e. The number of ether oxygens (including phenoxy) is 1. The Labute approximate surface area is 130 Å². The number of imide groups is 1. The van der Waals surface area contributed by atoms with E-state index in [1.807, 2.05) is 24.3 Å². The molecule has 0 spiro atoms. The van der Waals surface area contributed by atoms with Crippen molar-refractivity contribution in [2.24, 2.45) is 0 Å². The molecule has 2 rings (SSSR count). The second-order valence-electron chi connectivity index (χ2n) is 6.27. The van der Waals surface area contributed by atoms with Crippen LogP contribution in [0, 0.1) is 0 Å². The summed E-state index contributed by atoms with van der Waals surface area (Å²) < 4.78 is 5.25. The van der Waals surface area contributed by atoms with Gasteiger partial charge >= 0.3 is 6.09 Å². The number of benzene rings is 1. The quantitative estimate of drug-likeness (QED) is 0.788. The molecular formula is C16H20ClNO3. The summed E-state index contributed by atoms with van der Waals surface area (Å²) in [6.07, 6.45) is 0.474. The van der Waals surface area contributed by atoms with E-state index >= 15 is 0 Å². The van der Waals surface area contributed by atoms with Crippen molar-refractivity contribution in [1.82, 2.24) is 4.90 Å². The molecule has 2 amide bonds. The first-order valence-corrected chi connectivity index (χ1v) is 7.43. The molecule has 0 aliphatic carbocycles. The van der Waals surface area contributed by atoms with Crippen LogP contribution in [0.25, 0.3) is 0 Å². The number of amides is 2. The number of piperidine rings is 1. The van der Waals surface area contributed by atoms with Crippen LogP contribution in [0.1, 0.15) is 45.1 Å². The highest BCUT2D eigenvalue weighted by Crippen LogP contribution is 2.30. The molecule has 21 heavy (non-hydrogen) atoms. The average molecular weight is 310 g/mol. The molecule has 1 heterocycles. The van der Waals surface area contributed by atoms with Gasteiger partial charge in [0.1, 0.15) is 5.60 Å². The maximum atomic E-state index is 12.2. The summed E-state index contributed by atoms with van der Waals surface area (Å²) in [4.78, 5) is 25.4. The summed E-state index contributed by atoms with van der Waals surface area (Å²) >= 11 is 5.98. The van der Waals surface area contributed by atoms with Crippen LogP contribution in [0.15, 0.2) is 24.3 Å². The van der Waals surface area contributed by atoms with Crippen LogP contribution in [-0.2, 0) is 9.53 Å². The Morgan fingerprint density at radius 1 is 1.38 bits per heavy atom. The Balaban J connectivity index is 2.02. The number of carbonyl (C=O) groups is 2. The van der Waals surface area contributed by atoms with Crippen molar-refractivity contribution in [2.75, 3.05) is 6.54 Å². The molecule has 5 heteroatoms. The molecule has 1 aromatic rings. The summed E-state index contributed by atoms with van der Waals surface area (Å²) in [7, 11) is 0. The van der Waals surface area contributed by atoms with Gasteiger partial charge in [-0.2, -0.15) is 0 Å². The van der Waals surface area contributed by atoms with Gasteiger partial charge in [0.05, 0.1) is 0 Å². The number of hydrogen-bond donors (Lipinski definition) is 0. The van der Waals surface area contributed by atoms with Crippen molar-refractivity contribution in [3.63, 3.8) is 0 Å². The van der Waals surface area contributed by atoms with E-state index in [1.54, 1.807) is 20.8 Å². The lowest BCUT2D eigenvalue weighted by molar-refractivity contribution is -0.132. The van der Waals surface area contributed by atoms with Gasteiger partial charge in [-0.3, -0.25) is 4.79 Å². The summed E-state index contributed by atoms with van der Waals surface area (Å²) in [6.45, 7) is 5.74. The van der Waals surface area contributed by atoms with Gasteiger partial charge in [-0.25, -0.2) is 9.69 Å². The highest BCUT2D eigenvalue weighted by molar-refractivity contribution is 6.30. The standard InChI is InChI=1S/C16H20ClNO3/c1-16(2,3)21-15(20)18-8-7-12(10-14(18)19)11-5-4-6-13(17)9-11/h4-6,9,12H,7-8,10H2,1-3H3. The molecule has 1 unspecified atom stereocenters. The minimum atomic E-state index is -0.596. The lowest BCUT2D eigenvalue weighted by atomic mass is 9.89. The van der Waals surface area contributed by atoms with Gasteiger partial charge in [0, 0.05) is 18.0 Å². The minimum absolute atomic E-state index is 0.106. The first kappa shape index (κ1) is 15.8. The van der Waals surface area contributed by atoms with E-state index in [0.717, 1.165) is 12.0 Å². The van der Waals surface area contributed by atoms with E-state index in [4.69, 9.17) is 16.3 Å². The summed E-state index contributed by atoms with van der Waals surface area (Å²) in [5, 5.41) is 0.662. The number of carbonyl (C=O) groups excluding carboxylic acids is 2. The van der Waals surface area contributed by atoms with Crippen molar-refractivity contribution in [3.8, 4) is 0 Å². The van der Waals surface area contributed by atoms with Gasteiger partial charge < -0.3 is 4.74 Å². The number of nitrogens with zero attached hydrogens (tertiary/aromatic N) is 1. The molecule has 1 aromatic carbocycles. The van der Waals surface area contributed by atoms with Crippen LogP contribution in [0.2, 0.25) is 5.02 Å². The van der Waals surface area contributed by atoms with Crippen molar-refractivity contribution >= 4 is 23.6 Å². The molecule has 0 aromatic heterocycles. The molecule has 0 radical (unpaired) electrons. The second kappa shape index (κ2) is 6.06. The number of hydrogen-bond acceptors (Lipinski definition) is 3. The van der Waals surface area contributed by atoms with Crippen molar-refractivity contribution in [1.29, 1.82) is 0 Å². The minimum Gasteiger partial charge on any atom is -0.443 e. The van der Waals surface area contributed by atoms with Crippen molar-refractivity contribution < 1.29 is 14.3 Å². The zero-order chi connectivity index (χ0) is 15.6. The Bertz CT molecular complexity index is 551. The fourth-order valence-electron chi connectivity index (χ4n) is 2.39. The molecule has 1 saturated heterocycles. The zero-order valence-corrected chi connectivity index (χ0v) is 13.3. The van der Waals surface area contributed by atoms with E-state index < -0.39 is 11.7 Å². The molecule has 114 valence electrons. The van der Waals surface area contributed by atoms with Gasteiger partial charge in [0.25, 0.3) is 0 Å². The SMILES string of the molecule is CC(C)(C)OC(=O)N1CCC(c2cccc(Cl)c2)CC1=O. The monoisotopic (exact) mass is 309 g/mol. The fourth-order valence-corrected chi connectivity index (χ4v) is 2.59. The van der Waals surface area contributed by atoms with Crippen LogP contribution < -0.4 is 0 Å². The Hall–Kier alpha value is -1.55. The van der Waals surface area contributed by atoms with Crippen LogP contribution >= 0.6 is 11.6 Å². The summed E-state index contributed by atoms with van der Waals surface area (Å²) in [5.41, 5.74) is 0.445. The lowest BCUT2D eigenvalue weighted by Gasteiger charge is -2.32. The summed E-state index contributed by atoms with van der Waals surface area (Å²) in [5.74, 6) is -0.0876. The Morgan fingerprint density at radius 3 is 2.67 bits per heavy atom. The predicted octanol–water partition coefficient (Wildman–Crippen LogP) is 3.98. The van der Waals surface area contributed by atoms with Crippen molar-refractivity contribution in [3.05, 3.63) is 34.9 Å². The lowest BCUT2D eigenvalue weighted by Crippen LogP contribution is -2.44. The highest BCUT2D eigenvalue weighted by Gasteiger charge is 2.33. The number of rotatable bonds is 1. The third-order valence-corrected chi connectivity index (χ3v) is 3.59. The molecule has 1 aliphatic heterocycles. The van der Waals surface area contributed by atoms with Gasteiger partial charge in [-0.15, -0.1) is 0 Å². The van der Waals surface area contributed by atoms with Crippen LogP contribution in [-0.4, -0.2) is 29.0 Å². The summed E-state index contributed by atoms with van der Waals surface area (Å²) in [6, 6.07) is 7.53. The highest BCUT2D eigenvalue weighted by atomic mass is 35.5. The Morgan fingerprint density at radius 2 is 2.10 bits per heavy atom. The van der Waals surface area contributed by atoms with Crippen LogP contribution in [0.5, 0.6) is 0 Å². The molecule has 1 atom stereocenters. The molecule has 1 fully saturated rings. The second-order valence-corrected chi connectivity index (χ2v) is 6.71. The van der Waals surface area contributed by atoms with E-state index in [-0.39, 0.29) is 11.8 Å². The third-order valence-electron chi connectivity index (χ3n) is 3.36.